The SMILES string of the molecule is CC.CC.CCCC.CCCc1c(C)nnn1C. The molecule has 1 aromatic heterocycles. The van der Waals surface area contributed by atoms with Gasteiger partial charge in [0.05, 0.1) is 11.4 Å². The van der Waals surface area contributed by atoms with Gasteiger partial charge in [0.15, 0.2) is 0 Å². The van der Waals surface area contributed by atoms with E-state index in [1.165, 1.54) is 18.5 Å². The number of rotatable bonds is 3. The summed E-state index contributed by atoms with van der Waals surface area (Å²) < 4.78 is 1.85. The molecule has 0 radical (unpaired) electrons. The Morgan fingerprint density at radius 3 is 1.56 bits per heavy atom. The minimum atomic E-state index is 1.06. The smallest absolute Gasteiger partial charge is 0.0828 e. The van der Waals surface area contributed by atoms with E-state index < -0.39 is 0 Å². The first kappa shape index (κ1) is 22.3. The molecule has 0 aliphatic heterocycles. The molecular weight excluding hydrogens is 222 g/mol. The molecule has 0 saturated heterocycles. The van der Waals surface area contributed by atoms with Crippen LogP contribution in [0.3, 0.4) is 0 Å². The van der Waals surface area contributed by atoms with E-state index >= 15 is 0 Å². The van der Waals surface area contributed by atoms with Gasteiger partial charge in [0.1, 0.15) is 0 Å². The molecule has 0 N–H and O–H groups in total. The number of aromatic nitrogens is 3. The molecule has 0 aromatic carbocycles. The second-order valence-corrected chi connectivity index (χ2v) is 3.50. The van der Waals surface area contributed by atoms with Crippen LogP contribution in [0, 0.1) is 6.92 Å². The van der Waals surface area contributed by atoms with Gasteiger partial charge in [-0.3, -0.25) is 4.68 Å². The lowest BCUT2D eigenvalue weighted by atomic mass is 10.2. The van der Waals surface area contributed by atoms with E-state index in [1.807, 2.05) is 46.3 Å². The van der Waals surface area contributed by atoms with Crippen LogP contribution in [0.5, 0.6) is 0 Å². The third-order valence-corrected chi connectivity index (χ3v) is 2.12. The van der Waals surface area contributed by atoms with Crippen LogP contribution in [0.25, 0.3) is 0 Å². The van der Waals surface area contributed by atoms with E-state index in [9.17, 15) is 0 Å². The summed E-state index contributed by atoms with van der Waals surface area (Å²) in [6, 6.07) is 0. The van der Waals surface area contributed by atoms with Gasteiger partial charge in [-0.1, -0.05) is 72.9 Å². The minimum Gasteiger partial charge on any atom is -0.252 e. The van der Waals surface area contributed by atoms with Crippen LogP contribution in [-0.4, -0.2) is 15.0 Å². The molecule has 0 fully saturated rings. The number of hydrogen-bond donors (Lipinski definition) is 0. The fraction of sp³-hybridized carbons (Fsp3) is 0.867. The Labute approximate surface area is 115 Å². The monoisotopic (exact) mass is 257 g/mol. The Morgan fingerprint density at radius 2 is 1.33 bits per heavy atom. The first-order chi connectivity index (χ1) is 8.67. The van der Waals surface area contributed by atoms with E-state index in [0.717, 1.165) is 18.5 Å². The van der Waals surface area contributed by atoms with Crippen molar-refractivity contribution in [3.8, 4) is 0 Å². The van der Waals surface area contributed by atoms with Crippen LogP contribution < -0.4 is 0 Å². The van der Waals surface area contributed by atoms with Crippen molar-refractivity contribution in [3.63, 3.8) is 0 Å². The molecular formula is C15H35N3. The maximum atomic E-state index is 3.95. The highest BCUT2D eigenvalue weighted by atomic mass is 15.4. The molecule has 0 aliphatic carbocycles. The summed E-state index contributed by atoms with van der Waals surface area (Å²) in [6.07, 6.45) is 4.87. The molecule has 0 saturated carbocycles. The zero-order valence-corrected chi connectivity index (χ0v) is 14.2. The average Bonchev–Trinajstić information content (AvgIpc) is 2.76. The number of nitrogens with zero attached hydrogens (tertiary/aromatic N) is 3. The normalized spacial score (nSPS) is 8.06. The van der Waals surface area contributed by atoms with Crippen molar-refractivity contribution >= 4 is 0 Å². The summed E-state index contributed by atoms with van der Waals surface area (Å²) in [5.41, 5.74) is 2.31. The van der Waals surface area contributed by atoms with Crippen LogP contribution in [0.1, 0.15) is 79.1 Å². The second kappa shape index (κ2) is 18.5. The first-order valence-corrected chi connectivity index (χ1v) is 7.52. The van der Waals surface area contributed by atoms with Gasteiger partial charge in [-0.05, 0) is 13.3 Å². The van der Waals surface area contributed by atoms with Gasteiger partial charge >= 0.3 is 0 Å². The molecule has 3 heteroatoms. The molecule has 1 heterocycles. The van der Waals surface area contributed by atoms with Gasteiger partial charge in [0.2, 0.25) is 0 Å². The molecule has 0 aliphatic rings. The van der Waals surface area contributed by atoms with Crippen molar-refractivity contribution in [1.82, 2.24) is 15.0 Å². The summed E-state index contributed by atoms with van der Waals surface area (Å²) in [5.74, 6) is 0. The summed E-state index contributed by atoms with van der Waals surface area (Å²) in [7, 11) is 1.94. The molecule has 110 valence electrons. The average molecular weight is 257 g/mol. The summed E-state index contributed by atoms with van der Waals surface area (Å²) >= 11 is 0. The lowest BCUT2D eigenvalue weighted by molar-refractivity contribution is 0.669. The fourth-order valence-electron chi connectivity index (χ4n) is 1.06. The fourth-order valence-corrected chi connectivity index (χ4v) is 1.06. The quantitative estimate of drug-likeness (QED) is 0.768. The highest BCUT2D eigenvalue weighted by Crippen LogP contribution is 2.04. The van der Waals surface area contributed by atoms with Gasteiger partial charge in [-0.15, -0.1) is 5.10 Å². The Bertz CT molecular complexity index is 220. The van der Waals surface area contributed by atoms with Gasteiger partial charge in [-0.25, -0.2) is 0 Å². The van der Waals surface area contributed by atoms with Crippen molar-refractivity contribution < 1.29 is 0 Å². The molecule has 0 amide bonds. The molecule has 0 atom stereocenters. The van der Waals surface area contributed by atoms with Gasteiger partial charge in [0, 0.05) is 7.05 Å². The standard InChI is InChI=1S/C7H13N3.C4H10.2C2H6/c1-4-5-7-6(2)8-9-10(7)3;1-3-4-2;2*1-2/h4-5H2,1-3H3;3-4H2,1-2H3;2*1-2H3. The zero-order valence-electron chi connectivity index (χ0n) is 14.2. The van der Waals surface area contributed by atoms with E-state index in [4.69, 9.17) is 0 Å². The molecule has 1 aromatic rings. The van der Waals surface area contributed by atoms with Crippen molar-refractivity contribution in [2.45, 2.75) is 81.1 Å². The van der Waals surface area contributed by atoms with Crippen molar-refractivity contribution in [3.05, 3.63) is 11.4 Å². The Balaban J connectivity index is -0.000000238. The Hall–Kier alpha value is -0.860. The minimum absolute atomic E-state index is 1.06. The molecule has 1 rings (SSSR count). The van der Waals surface area contributed by atoms with Crippen LogP contribution in [0.15, 0.2) is 0 Å². The highest BCUT2D eigenvalue weighted by molar-refractivity contribution is 5.07. The van der Waals surface area contributed by atoms with Gasteiger partial charge in [-0.2, -0.15) is 0 Å². The maximum absolute atomic E-state index is 3.95. The third kappa shape index (κ3) is 11.6. The zero-order chi connectivity index (χ0) is 15.0. The number of hydrogen-bond acceptors (Lipinski definition) is 2. The Morgan fingerprint density at radius 1 is 0.889 bits per heavy atom. The number of unbranched alkanes of at least 4 members (excludes halogenated alkanes) is 1. The predicted molar refractivity (Wildman–Crippen MR) is 83.0 cm³/mol. The lowest BCUT2D eigenvalue weighted by Gasteiger charge is -1.96. The molecule has 18 heavy (non-hydrogen) atoms. The topological polar surface area (TPSA) is 30.7 Å². The van der Waals surface area contributed by atoms with Gasteiger partial charge in [0.25, 0.3) is 0 Å². The van der Waals surface area contributed by atoms with Crippen LogP contribution in [0.2, 0.25) is 0 Å². The number of aryl methyl sites for hydroxylation is 2. The third-order valence-electron chi connectivity index (χ3n) is 2.12. The van der Waals surface area contributed by atoms with Crippen LogP contribution >= 0.6 is 0 Å². The van der Waals surface area contributed by atoms with Crippen molar-refractivity contribution in [2.24, 2.45) is 7.05 Å². The van der Waals surface area contributed by atoms with Gasteiger partial charge < -0.3 is 0 Å². The van der Waals surface area contributed by atoms with Crippen molar-refractivity contribution in [1.29, 1.82) is 0 Å². The first-order valence-electron chi connectivity index (χ1n) is 7.52. The molecule has 3 nitrogen and oxygen atoms in total. The summed E-state index contributed by atoms with van der Waals surface area (Å²) in [6.45, 7) is 16.5. The van der Waals surface area contributed by atoms with E-state index in [1.54, 1.807) is 0 Å². The molecule has 0 unspecified atom stereocenters. The van der Waals surface area contributed by atoms with Crippen molar-refractivity contribution in [2.75, 3.05) is 0 Å². The van der Waals surface area contributed by atoms with Crippen LogP contribution in [-0.2, 0) is 13.5 Å². The largest absolute Gasteiger partial charge is 0.252 e. The van der Waals surface area contributed by atoms with E-state index in [0.29, 0.717) is 0 Å². The highest BCUT2D eigenvalue weighted by Gasteiger charge is 2.02. The Kier molecular flexibility index (Phi) is 23.0. The molecule has 0 bridgehead atoms. The van der Waals surface area contributed by atoms with Crippen LogP contribution in [0.4, 0.5) is 0 Å². The maximum Gasteiger partial charge on any atom is 0.0828 e. The summed E-state index contributed by atoms with van der Waals surface area (Å²) in [5, 5.41) is 7.85. The summed E-state index contributed by atoms with van der Waals surface area (Å²) in [4.78, 5) is 0. The van der Waals surface area contributed by atoms with E-state index in [2.05, 4.69) is 31.1 Å². The molecule has 0 spiro atoms. The predicted octanol–water partition coefficient (Wildman–Crippen LogP) is 4.93. The lowest BCUT2D eigenvalue weighted by Crippen LogP contribution is -1.98. The second-order valence-electron chi connectivity index (χ2n) is 3.50. The van der Waals surface area contributed by atoms with E-state index in [-0.39, 0.29) is 0 Å².